The number of halogens is 2. The van der Waals surface area contributed by atoms with Gasteiger partial charge in [-0.05, 0) is 24.6 Å². The second-order valence-electron chi connectivity index (χ2n) is 4.25. The van der Waals surface area contributed by atoms with Crippen molar-refractivity contribution in [2.24, 2.45) is 5.92 Å². The van der Waals surface area contributed by atoms with Gasteiger partial charge >= 0.3 is 0 Å². The van der Waals surface area contributed by atoms with Gasteiger partial charge < -0.3 is 9.73 Å². The summed E-state index contributed by atoms with van der Waals surface area (Å²) in [6, 6.07) is 3.62. The largest absolute Gasteiger partial charge is 0.464 e. The predicted molar refractivity (Wildman–Crippen MR) is 71.8 cm³/mol. The van der Waals surface area contributed by atoms with Gasteiger partial charge in [0, 0.05) is 0 Å². The lowest BCUT2D eigenvalue weighted by Crippen LogP contribution is -2.21. The minimum Gasteiger partial charge on any atom is -0.464 e. The number of furan rings is 1. The number of nitrogens with one attached hydrogen (secondary N) is 1. The zero-order valence-electron chi connectivity index (χ0n) is 10.9. The first-order valence-electron chi connectivity index (χ1n) is 6.33. The molecule has 2 nitrogen and oxygen atoms in total. The Morgan fingerprint density at radius 1 is 1.22 bits per heavy atom. The van der Waals surface area contributed by atoms with E-state index in [1.54, 1.807) is 6.07 Å². The standard InChI is InChI=1S/C13H21F2NOS/c1-3-10(4-2)7-16-8-11-5-6-12(17-11)9-18-13(14)15/h5-6,10,13,16H,3-4,7-9H2,1-2H3. The molecule has 1 heterocycles. The summed E-state index contributed by atoms with van der Waals surface area (Å²) in [5, 5.41) is 3.33. The molecule has 5 heteroatoms. The molecule has 0 aliphatic heterocycles. The number of thioether (sulfide) groups is 1. The van der Waals surface area contributed by atoms with Gasteiger partial charge in [-0.25, -0.2) is 0 Å². The maximum atomic E-state index is 12.0. The molecule has 1 rings (SSSR count). The van der Waals surface area contributed by atoms with E-state index >= 15 is 0 Å². The van der Waals surface area contributed by atoms with Crippen LogP contribution in [0, 0.1) is 5.92 Å². The van der Waals surface area contributed by atoms with E-state index in [1.807, 2.05) is 6.07 Å². The fourth-order valence-electron chi connectivity index (χ4n) is 1.72. The molecule has 0 aliphatic carbocycles. The van der Waals surface area contributed by atoms with E-state index in [1.165, 1.54) is 0 Å². The van der Waals surface area contributed by atoms with Crippen molar-refractivity contribution in [2.45, 2.75) is 44.7 Å². The smallest absolute Gasteiger partial charge is 0.284 e. The van der Waals surface area contributed by atoms with Crippen LogP contribution in [-0.4, -0.2) is 12.3 Å². The highest BCUT2D eigenvalue weighted by Gasteiger charge is 2.08. The molecule has 104 valence electrons. The van der Waals surface area contributed by atoms with Gasteiger partial charge in [-0.3, -0.25) is 0 Å². The van der Waals surface area contributed by atoms with E-state index in [2.05, 4.69) is 19.2 Å². The van der Waals surface area contributed by atoms with Gasteiger partial charge in [0.1, 0.15) is 11.5 Å². The van der Waals surface area contributed by atoms with Crippen molar-refractivity contribution in [3.63, 3.8) is 0 Å². The molecular formula is C13H21F2NOS. The number of rotatable bonds is 9. The Morgan fingerprint density at radius 3 is 2.50 bits per heavy atom. The first kappa shape index (κ1) is 15.5. The fourth-order valence-corrected chi connectivity index (χ4v) is 2.16. The summed E-state index contributed by atoms with van der Waals surface area (Å²) in [5.41, 5.74) is 0. The van der Waals surface area contributed by atoms with E-state index in [-0.39, 0.29) is 5.75 Å². The van der Waals surface area contributed by atoms with Crippen LogP contribution in [0.2, 0.25) is 0 Å². The van der Waals surface area contributed by atoms with E-state index in [0.717, 1.165) is 25.1 Å². The monoisotopic (exact) mass is 277 g/mol. The minimum atomic E-state index is -2.34. The summed E-state index contributed by atoms with van der Waals surface area (Å²) in [6.07, 6.45) is 2.33. The Balaban J connectivity index is 2.26. The quantitative estimate of drug-likeness (QED) is 0.730. The molecule has 0 atom stereocenters. The van der Waals surface area contributed by atoms with Gasteiger partial charge in [0.15, 0.2) is 0 Å². The summed E-state index contributed by atoms with van der Waals surface area (Å²) < 4.78 is 29.5. The number of alkyl halides is 2. The molecule has 0 unspecified atom stereocenters. The van der Waals surface area contributed by atoms with E-state index in [0.29, 0.717) is 30.0 Å². The molecule has 0 amide bonds. The van der Waals surface area contributed by atoms with Crippen LogP contribution < -0.4 is 5.32 Å². The SMILES string of the molecule is CCC(CC)CNCc1ccc(CSC(F)F)o1. The van der Waals surface area contributed by atoms with Crippen LogP contribution in [0.3, 0.4) is 0 Å². The van der Waals surface area contributed by atoms with E-state index < -0.39 is 5.76 Å². The van der Waals surface area contributed by atoms with Crippen molar-refractivity contribution < 1.29 is 13.2 Å². The highest BCUT2D eigenvalue weighted by molar-refractivity contribution is 7.98. The van der Waals surface area contributed by atoms with Gasteiger partial charge in [-0.2, -0.15) is 8.78 Å². The lowest BCUT2D eigenvalue weighted by Gasteiger charge is -2.12. The molecule has 0 fully saturated rings. The average Bonchev–Trinajstić information content (AvgIpc) is 2.80. The first-order valence-corrected chi connectivity index (χ1v) is 7.38. The molecule has 0 spiro atoms. The fraction of sp³-hybridized carbons (Fsp3) is 0.692. The Bertz CT molecular complexity index is 327. The highest BCUT2D eigenvalue weighted by Crippen LogP contribution is 2.21. The average molecular weight is 277 g/mol. The summed E-state index contributed by atoms with van der Waals surface area (Å²) in [6.45, 7) is 6.00. The molecule has 0 saturated carbocycles. The normalized spacial score (nSPS) is 11.7. The third kappa shape index (κ3) is 5.87. The third-order valence-corrected chi connectivity index (χ3v) is 3.66. The van der Waals surface area contributed by atoms with Crippen LogP contribution in [0.5, 0.6) is 0 Å². The van der Waals surface area contributed by atoms with Gasteiger partial charge in [0.2, 0.25) is 0 Å². The predicted octanol–water partition coefficient (Wildman–Crippen LogP) is 4.26. The van der Waals surface area contributed by atoms with Crippen LogP contribution in [0.15, 0.2) is 16.5 Å². The number of hydrogen-bond donors (Lipinski definition) is 1. The summed E-state index contributed by atoms with van der Waals surface area (Å²) in [4.78, 5) is 0. The van der Waals surface area contributed by atoms with Gasteiger partial charge in [0.05, 0.1) is 12.3 Å². The molecule has 1 aromatic rings. The molecule has 18 heavy (non-hydrogen) atoms. The van der Waals surface area contributed by atoms with Crippen LogP contribution in [0.1, 0.15) is 38.2 Å². The van der Waals surface area contributed by atoms with E-state index in [9.17, 15) is 8.78 Å². The molecule has 0 saturated heterocycles. The Morgan fingerprint density at radius 2 is 1.89 bits per heavy atom. The topological polar surface area (TPSA) is 25.2 Å². The van der Waals surface area contributed by atoms with Crippen LogP contribution in [0.4, 0.5) is 8.78 Å². The summed E-state index contributed by atoms with van der Waals surface area (Å²) in [5.74, 6) is -0.00432. The zero-order chi connectivity index (χ0) is 13.4. The van der Waals surface area contributed by atoms with Crippen molar-refractivity contribution in [2.75, 3.05) is 6.54 Å². The second kappa shape index (κ2) is 8.53. The van der Waals surface area contributed by atoms with Gasteiger partial charge in [-0.15, -0.1) is 0 Å². The zero-order valence-corrected chi connectivity index (χ0v) is 11.7. The van der Waals surface area contributed by atoms with Crippen LogP contribution in [0.25, 0.3) is 0 Å². The molecule has 1 N–H and O–H groups in total. The Hall–Kier alpha value is -0.550. The third-order valence-electron chi connectivity index (χ3n) is 2.96. The Labute approximate surface area is 112 Å². The molecule has 0 aliphatic rings. The van der Waals surface area contributed by atoms with Gasteiger partial charge in [-0.1, -0.05) is 38.5 Å². The van der Waals surface area contributed by atoms with Crippen LogP contribution >= 0.6 is 11.8 Å². The van der Waals surface area contributed by atoms with Crippen molar-refractivity contribution >= 4 is 11.8 Å². The second-order valence-corrected chi connectivity index (χ2v) is 5.23. The van der Waals surface area contributed by atoms with Crippen LogP contribution in [-0.2, 0) is 12.3 Å². The molecule has 1 aromatic heterocycles. The van der Waals surface area contributed by atoms with Gasteiger partial charge in [0.25, 0.3) is 5.76 Å². The maximum Gasteiger partial charge on any atom is 0.284 e. The molecule has 0 aromatic carbocycles. The first-order chi connectivity index (χ1) is 8.65. The molecule has 0 bridgehead atoms. The van der Waals surface area contributed by atoms with Crippen molar-refractivity contribution in [3.05, 3.63) is 23.7 Å². The van der Waals surface area contributed by atoms with Crippen molar-refractivity contribution in [3.8, 4) is 0 Å². The summed E-state index contributed by atoms with van der Waals surface area (Å²) >= 11 is 0.586. The molecule has 0 radical (unpaired) electrons. The lowest BCUT2D eigenvalue weighted by atomic mass is 10.0. The lowest BCUT2D eigenvalue weighted by molar-refractivity contribution is 0.251. The highest BCUT2D eigenvalue weighted by atomic mass is 32.2. The van der Waals surface area contributed by atoms with Crippen molar-refractivity contribution in [1.29, 1.82) is 0 Å². The molecular weight excluding hydrogens is 256 g/mol. The minimum absolute atomic E-state index is 0.226. The van der Waals surface area contributed by atoms with E-state index in [4.69, 9.17) is 4.42 Å². The number of hydrogen-bond acceptors (Lipinski definition) is 3. The van der Waals surface area contributed by atoms with Crippen molar-refractivity contribution in [1.82, 2.24) is 5.32 Å². The maximum absolute atomic E-state index is 12.0. The Kier molecular flexibility index (Phi) is 7.35. The summed E-state index contributed by atoms with van der Waals surface area (Å²) in [7, 11) is 0.